The minimum absolute atomic E-state index is 0.00269. The number of carboxylic acids is 1. The first-order chi connectivity index (χ1) is 11.3. The van der Waals surface area contributed by atoms with Gasteiger partial charge in [0.1, 0.15) is 12.3 Å². The van der Waals surface area contributed by atoms with Crippen molar-refractivity contribution in [3.63, 3.8) is 0 Å². The molecule has 2 rings (SSSR count). The molecule has 0 saturated carbocycles. The van der Waals surface area contributed by atoms with Crippen LogP contribution in [-0.4, -0.2) is 51.8 Å². The summed E-state index contributed by atoms with van der Waals surface area (Å²) in [5.41, 5.74) is 0.630. The monoisotopic (exact) mass is 354 g/mol. The molecule has 0 aromatic heterocycles. The van der Waals surface area contributed by atoms with E-state index in [1.807, 2.05) is 0 Å². The number of benzene rings is 1. The van der Waals surface area contributed by atoms with E-state index in [4.69, 9.17) is 16.7 Å². The summed E-state index contributed by atoms with van der Waals surface area (Å²) in [7, 11) is 0. The Bertz CT molecular complexity index is 705. The number of carboxylic acid groups (broad SMARTS) is 1. The Morgan fingerprint density at radius 2 is 2.04 bits per heavy atom. The number of halogens is 1. The fourth-order valence-electron chi connectivity index (χ4n) is 2.37. The molecule has 0 aliphatic carbocycles. The molecule has 0 radical (unpaired) electrons. The van der Waals surface area contributed by atoms with Gasteiger partial charge in [-0.1, -0.05) is 17.7 Å². The number of nitrogens with zero attached hydrogens (tertiary/aromatic N) is 1. The molecule has 24 heavy (non-hydrogen) atoms. The third-order valence-electron chi connectivity index (χ3n) is 3.57. The minimum atomic E-state index is -1.54. The predicted octanol–water partition coefficient (Wildman–Crippen LogP) is 0.164. The zero-order valence-electron chi connectivity index (χ0n) is 12.5. The Morgan fingerprint density at radius 1 is 1.33 bits per heavy atom. The van der Waals surface area contributed by atoms with E-state index in [0.29, 0.717) is 5.56 Å². The number of likely N-dealkylation sites (tertiary alicyclic amines) is 1. The van der Waals surface area contributed by atoms with Crippen molar-refractivity contribution in [1.82, 2.24) is 10.2 Å². The molecule has 1 aliphatic rings. The molecule has 1 aliphatic heterocycles. The van der Waals surface area contributed by atoms with E-state index < -0.39 is 36.0 Å². The molecule has 1 heterocycles. The van der Waals surface area contributed by atoms with Crippen LogP contribution >= 0.6 is 11.6 Å². The van der Waals surface area contributed by atoms with Crippen LogP contribution in [0, 0.1) is 5.92 Å². The number of carbonyl (C=O) groups is 4. The Hall–Kier alpha value is -2.61. The van der Waals surface area contributed by atoms with E-state index in [9.17, 15) is 24.3 Å². The Balaban J connectivity index is 2.10. The van der Waals surface area contributed by atoms with E-state index >= 15 is 0 Å². The van der Waals surface area contributed by atoms with Gasteiger partial charge in [0, 0.05) is 19.5 Å². The van der Waals surface area contributed by atoms with Crippen LogP contribution in [0.4, 0.5) is 0 Å². The van der Waals surface area contributed by atoms with Crippen LogP contribution in [0.5, 0.6) is 5.75 Å². The Labute approximate surface area is 142 Å². The average Bonchev–Trinajstić information content (AvgIpc) is 2.51. The molecule has 128 valence electrons. The fraction of sp³-hybridized carbons (Fsp3) is 0.333. The minimum Gasteiger partial charge on any atom is -0.506 e. The largest absolute Gasteiger partial charge is 0.506 e. The second-order valence-electron chi connectivity index (χ2n) is 5.31. The Kier molecular flexibility index (Phi) is 5.40. The lowest BCUT2D eigenvalue weighted by atomic mass is 9.94. The van der Waals surface area contributed by atoms with Gasteiger partial charge in [-0.15, -0.1) is 0 Å². The van der Waals surface area contributed by atoms with Gasteiger partial charge < -0.3 is 20.4 Å². The standard InChI is InChI=1S/C15H15ClN2O6/c16-9-5-8(1-2-10(9)19)7-18-4-3-11(20)13(15(18)24)14(23)17-6-12(21)22/h1-2,5,13,19H,3-4,6-7H2,(H,17,23)(H,21,22). The molecule has 1 aromatic carbocycles. The van der Waals surface area contributed by atoms with Gasteiger partial charge >= 0.3 is 5.97 Å². The molecule has 2 amide bonds. The number of nitrogens with one attached hydrogen (secondary N) is 1. The number of carbonyl (C=O) groups excluding carboxylic acids is 3. The SMILES string of the molecule is O=C(O)CNC(=O)C1C(=O)CCN(Cc2ccc(O)c(Cl)c2)C1=O. The van der Waals surface area contributed by atoms with Crippen LogP contribution in [0.2, 0.25) is 5.02 Å². The van der Waals surface area contributed by atoms with Crippen molar-refractivity contribution >= 4 is 35.2 Å². The fourth-order valence-corrected chi connectivity index (χ4v) is 2.57. The number of hydrogen-bond acceptors (Lipinski definition) is 5. The molecule has 0 spiro atoms. The lowest BCUT2D eigenvalue weighted by Gasteiger charge is -2.30. The van der Waals surface area contributed by atoms with E-state index in [2.05, 4.69) is 5.32 Å². The third kappa shape index (κ3) is 4.02. The van der Waals surface area contributed by atoms with Crippen molar-refractivity contribution in [2.24, 2.45) is 5.92 Å². The maximum absolute atomic E-state index is 12.4. The average molecular weight is 355 g/mol. The maximum Gasteiger partial charge on any atom is 0.322 e. The highest BCUT2D eigenvalue weighted by molar-refractivity contribution is 6.32. The van der Waals surface area contributed by atoms with Crippen molar-refractivity contribution in [2.75, 3.05) is 13.1 Å². The summed E-state index contributed by atoms with van der Waals surface area (Å²) >= 11 is 5.81. The highest BCUT2D eigenvalue weighted by Gasteiger charge is 2.40. The number of amides is 2. The number of aromatic hydroxyl groups is 1. The van der Waals surface area contributed by atoms with Crippen molar-refractivity contribution in [2.45, 2.75) is 13.0 Å². The van der Waals surface area contributed by atoms with Gasteiger partial charge in [0.05, 0.1) is 5.02 Å². The molecular weight excluding hydrogens is 340 g/mol. The molecule has 1 aromatic rings. The summed E-state index contributed by atoms with van der Waals surface area (Å²) in [4.78, 5) is 48.0. The number of phenolic OH excluding ortho intramolecular Hbond substituents is 1. The van der Waals surface area contributed by atoms with Gasteiger partial charge in [-0.3, -0.25) is 19.2 Å². The number of ketones is 1. The van der Waals surface area contributed by atoms with Crippen LogP contribution in [0.15, 0.2) is 18.2 Å². The number of aliphatic carboxylic acids is 1. The van der Waals surface area contributed by atoms with Crippen molar-refractivity contribution < 1.29 is 29.4 Å². The number of rotatable bonds is 5. The van der Waals surface area contributed by atoms with Gasteiger partial charge in [0.15, 0.2) is 11.7 Å². The van der Waals surface area contributed by atoms with Gasteiger partial charge in [-0.2, -0.15) is 0 Å². The first-order valence-corrected chi connectivity index (χ1v) is 7.45. The number of hydrogen-bond donors (Lipinski definition) is 3. The van der Waals surface area contributed by atoms with Crippen molar-refractivity contribution in [1.29, 1.82) is 0 Å². The van der Waals surface area contributed by atoms with Crippen LogP contribution in [0.1, 0.15) is 12.0 Å². The lowest BCUT2D eigenvalue weighted by Crippen LogP contribution is -2.52. The first-order valence-electron chi connectivity index (χ1n) is 7.08. The van der Waals surface area contributed by atoms with E-state index in [1.165, 1.54) is 17.0 Å². The van der Waals surface area contributed by atoms with E-state index in [1.54, 1.807) is 6.07 Å². The second-order valence-corrected chi connectivity index (χ2v) is 5.71. The van der Waals surface area contributed by atoms with Crippen molar-refractivity contribution in [3.05, 3.63) is 28.8 Å². The zero-order valence-corrected chi connectivity index (χ0v) is 13.2. The summed E-state index contributed by atoms with van der Waals surface area (Å²) < 4.78 is 0. The van der Waals surface area contributed by atoms with Gasteiger partial charge in [-0.25, -0.2) is 0 Å². The summed E-state index contributed by atoms with van der Waals surface area (Å²) in [5, 5.41) is 20.1. The molecule has 9 heteroatoms. The molecule has 1 saturated heterocycles. The number of piperidine rings is 1. The highest BCUT2D eigenvalue weighted by atomic mass is 35.5. The van der Waals surface area contributed by atoms with Crippen LogP contribution in [0.25, 0.3) is 0 Å². The van der Waals surface area contributed by atoms with E-state index in [0.717, 1.165) is 0 Å². The normalized spacial score (nSPS) is 17.7. The van der Waals surface area contributed by atoms with Gasteiger partial charge in [-0.05, 0) is 17.7 Å². The molecule has 8 nitrogen and oxygen atoms in total. The number of phenols is 1. The quantitative estimate of drug-likeness (QED) is 0.647. The highest BCUT2D eigenvalue weighted by Crippen LogP contribution is 2.25. The summed E-state index contributed by atoms with van der Waals surface area (Å²) in [5.74, 6) is -5.03. The molecule has 3 N–H and O–H groups in total. The van der Waals surface area contributed by atoms with Gasteiger partial charge in [0.2, 0.25) is 11.8 Å². The van der Waals surface area contributed by atoms with E-state index in [-0.39, 0.29) is 30.3 Å². The smallest absolute Gasteiger partial charge is 0.322 e. The molecule has 1 fully saturated rings. The topological polar surface area (TPSA) is 124 Å². The summed E-state index contributed by atoms with van der Waals surface area (Å²) in [6, 6.07) is 4.44. The summed E-state index contributed by atoms with van der Waals surface area (Å²) in [6.07, 6.45) is 0.00269. The molecular formula is C15H15ClN2O6. The molecule has 0 bridgehead atoms. The first kappa shape index (κ1) is 17.7. The number of Topliss-reactive ketones (excluding diaryl/α,β-unsaturated/α-hetero) is 1. The predicted molar refractivity (Wildman–Crippen MR) is 82.3 cm³/mol. The lowest BCUT2D eigenvalue weighted by molar-refractivity contribution is -0.152. The second kappa shape index (κ2) is 7.31. The molecule has 1 atom stereocenters. The summed E-state index contributed by atoms with van der Waals surface area (Å²) in [6.45, 7) is -0.392. The van der Waals surface area contributed by atoms with Crippen LogP contribution in [0.3, 0.4) is 0 Å². The van der Waals surface area contributed by atoms with Crippen LogP contribution in [-0.2, 0) is 25.7 Å². The Morgan fingerprint density at radius 3 is 2.67 bits per heavy atom. The van der Waals surface area contributed by atoms with Gasteiger partial charge in [0.25, 0.3) is 0 Å². The molecule has 1 unspecified atom stereocenters. The van der Waals surface area contributed by atoms with Crippen LogP contribution < -0.4 is 5.32 Å². The third-order valence-corrected chi connectivity index (χ3v) is 3.87. The van der Waals surface area contributed by atoms with Crippen molar-refractivity contribution in [3.8, 4) is 5.75 Å². The zero-order chi connectivity index (χ0) is 17.9. The maximum atomic E-state index is 12.4.